The van der Waals surface area contributed by atoms with Gasteiger partial charge in [-0.2, -0.15) is 0 Å². The molecule has 0 fully saturated rings. The highest BCUT2D eigenvalue weighted by molar-refractivity contribution is 6.43. The molecule has 6 heteroatoms. The molecule has 0 spiro atoms. The second-order valence-electron chi connectivity index (χ2n) is 4.42. The number of carbonyl (C=O) groups excluding carboxylic acids is 1. The quantitative estimate of drug-likeness (QED) is 0.447. The highest BCUT2D eigenvalue weighted by atomic mass is 35.5. The van der Waals surface area contributed by atoms with Gasteiger partial charge in [-0.05, 0) is 35.9 Å². The Labute approximate surface area is 144 Å². The molecule has 4 nitrogen and oxygen atoms in total. The minimum Gasteiger partial charge on any atom is -0.493 e. The molecule has 0 saturated carbocycles. The summed E-state index contributed by atoms with van der Waals surface area (Å²) >= 11 is 11.8. The largest absolute Gasteiger partial charge is 0.493 e. The van der Waals surface area contributed by atoms with Gasteiger partial charge in [0.05, 0.1) is 19.2 Å². The molecule has 0 aliphatic carbocycles. The van der Waals surface area contributed by atoms with Crippen molar-refractivity contribution < 1.29 is 19.0 Å². The Balaban J connectivity index is 2.10. The Morgan fingerprint density at radius 3 is 2.43 bits per heavy atom. The van der Waals surface area contributed by atoms with E-state index in [1.165, 1.54) is 6.08 Å². The minimum absolute atomic E-state index is 0.196. The van der Waals surface area contributed by atoms with Crippen molar-refractivity contribution in [3.05, 3.63) is 58.1 Å². The molecule has 23 heavy (non-hydrogen) atoms. The molecule has 0 radical (unpaired) electrons. The SMILES string of the molecule is COc1ccc(C=CC(=O)Oc2cccc(Cl)c2Cl)cc1OC. The Bertz CT molecular complexity index is 741. The lowest BCUT2D eigenvalue weighted by atomic mass is 10.2. The smallest absolute Gasteiger partial charge is 0.336 e. The summed E-state index contributed by atoms with van der Waals surface area (Å²) in [6.45, 7) is 0. The molecule has 2 aromatic rings. The first-order chi connectivity index (χ1) is 11.0. The zero-order valence-corrected chi connectivity index (χ0v) is 14.0. The third kappa shape index (κ3) is 4.41. The number of benzene rings is 2. The van der Waals surface area contributed by atoms with Crippen LogP contribution in [0.25, 0.3) is 6.08 Å². The van der Waals surface area contributed by atoms with Crippen molar-refractivity contribution in [1.82, 2.24) is 0 Å². The van der Waals surface area contributed by atoms with Crippen molar-refractivity contribution in [1.29, 1.82) is 0 Å². The van der Waals surface area contributed by atoms with Gasteiger partial charge in [-0.1, -0.05) is 35.3 Å². The molecule has 0 aromatic heterocycles. The molecule has 0 atom stereocenters. The maximum Gasteiger partial charge on any atom is 0.336 e. The van der Waals surface area contributed by atoms with E-state index < -0.39 is 5.97 Å². The number of hydrogen-bond acceptors (Lipinski definition) is 4. The highest BCUT2D eigenvalue weighted by Gasteiger charge is 2.09. The Morgan fingerprint density at radius 1 is 1.00 bits per heavy atom. The van der Waals surface area contributed by atoms with Gasteiger partial charge in [0.25, 0.3) is 0 Å². The van der Waals surface area contributed by atoms with E-state index in [0.717, 1.165) is 5.56 Å². The van der Waals surface area contributed by atoms with E-state index in [1.807, 2.05) is 0 Å². The summed E-state index contributed by atoms with van der Waals surface area (Å²) in [4.78, 5) is 11.9. The Kier molecular flexibility index (Phi) is 5.90. The molecular formula is C17H14Cl2O4. The van der Waals surface area contributed by atoms with Crippen LogP contribution in [0.3, 0.4) is 0 Å². The van der Waals surface area contributed by atoms with Crippen molar-refractivity contribution in [2.24, 2.45) is 0 Å². The first-order valence-corrected chi connectivity index (χ1v) is 7.36. The van der Waals surface area contributed by atoms with Gasteiger partial charge in [0, 0.05) is 6.08 Å². The molecule has 0 heterocycles. The molecule has 0 aliphatic heterocycles. The van der Waals surface area contributed by atoms with Crippen LogP contribution in [0.1, 0.15) is 5.56 Å². The van der Waals surface area contributed by atoms with Gasteiger partial charge in [-0.15, -0.1) is 0 Å². The predicted octanol–water partition coefficient (Wildman–Crippen LogP) is 4.63. The van der Waals surface area contributed by atoms with E-state index in [2.05, 4.69) is 0 Å². The van der Waals surface area contributed by atoms with Gasteiger partial charge < -0.3 is 14.2 Å². The van der Waals surface area contributed by atoms with Crippen LogP contribution in [-0.4, -0.2) is 20.2 Å². The Morgan fingerprint density at radius 2 is 1.74 bits per heavy atom. The van der Waals surface area contributed by atoms with E-state index in [1.54, 1.807) is 56.7 Å². The van der Waals surface area contributed by atoms with Crippen molar-refractivity contribution in [3.8, 4) is 17.2 Å². The summed E-state index contributed by atoms with van der Waals surface area (Å²) < 4.78 is 15.5. The molecule has 0 bridgehead atoms. The number of carbonyl (C=O) groups is 1. The average Bonchev–Trinajstić information content (AvgIpc) is 2.56. The summed E-state index contributed by atoms with van der Waals surface area (Å²) in [5.74, 6) is 0.823. The van der Waals surface area contributed by atoms with Gasteiger partial charge in [0.15, 0.2) is 17.2 Å². The summed E-state index contributed by atoms with van der Waals surface area (Å²) in [5, 5.41) is 0.517. The van der Waals surface area contributed by atoms with E-state index in [4.69, 9.17) is 37.4 Å². The lowest BCUT2D eigenvalue weighted by Crippen LogP contribution is -2.04. The van der Waals surface area contributed by atoms with Crippen LogP contribution in [0.4, 0.5) is 0 Å². The lowest BCUT2D eigenvalue weighted by molar-refractivity contribution is -0.128. The third-order valence-electron chi connectivity index (χ3n) is 2.95. The third-order valence-corrected chi connectivity index (χ3v) is 3.75. The highest BCUT2D eigenvalue weighted by Crippen LogP contribution is 2.31. The zero-order valence-electron chi connectivity index (χ0n) is 12.5. The molecule has 0 unspecified atom stereocenters. The first kappa shape index (κ1) is 17.2. The second-order valence-corrected chi connectivity index (χ2v) is 5.21. The minimum atomic E-state index is -0.566. The molecule has 0 N–H and O–H groups in total. The van der Waals surface area contributed by atoms with Gasteiger partial charge in [0.2, 0.25) is 0 Å². The second kappa shape index (κ2) is 7.90. The predicted molar refractivity (Wildman–Crippen MR) is 90.7 cm³/mol. The van der Waals surface area contributed by atoms with E-state index in [0.29, 0.717) is 16.5 Å². The van der Waals surface area contributed by atoms with Crippen LogP contribution in [0.2, 0.25) is 10.0 Å². The molecule has 2 aromatic carbocycles. The fourth-order valence-corrected chi connectivity index (χ4v) is 2.16. The van der Waals surface area contributed by atoms with Crippen LogP contribution in [0.15, 0.2) is 42.5 Å². The first-order valence-electron chi connectivity index (χ1n) is 6.61. The van der Waals surface area contributed by atoms with Crippen molar-refractivity contribution in [2.75, 3.05) is 14.2 Å². The maximum atomic E-state index is 11.9. The van der Waals surface area contributed by atoms with Crippen LogP contribution in [-0.2, 0) is 4.79 Å². The summed E-state index contributed by atoms with van der Waals surface area (Å²) in [6, 6.07) is 10.1. The van der Waals surface area contributed by atoms with Crippen LogP contribution < -0.4 is 14.2 Å². The number of hydrogen-bond donors (Lipinski definition) is 0. The molecular weight excluding hydrogens is 339 g/mol. The molecule has 2 rings (SSSR count). The van der Waals surface area contributed by atoms with Crippen molar-refractivity contribution in [2.45, 2.75) is 0 Å². The summed E-state index contributed by atoms with van der Waals surface area (Å²) in [5.41, 5.74) is 0.761. The maximum absolute atomic E-state index is 11.9. The van der Waals surface area contributed by atoms with Gasteiger partial charge in [-0.3, -0.25) is 0 Å². The van der Waals surface area contributed by atoms with Crippen molar-refractivity contribution >= 4 is 35.2 Å². The normalized spacial score (nSPS) is 10.6. The van der Waals surface area contributed by atoms with Crippen LogP contribution >= 0.6 is 23.2 Å². The van der Waals surface area contributed by atoms with Gasteiger partial charge >= 0.3 is 5.97 Å². The number of rotatable bonds is 5. The van der Waals surface area contributed by atoms with Crippen molar-refractivity contribution in [3.63, 3.8) is 0 Å². The van der Waals surface area contributed by atoms with E-state index >= 15 is 0 Å². The standard InChI is InChI=1S/C17H14Cl2O4/c1-21-13-8-6-11(10-15(13)22-2)7-9-16(20)23-14-5-3-4-12(18)17(14)19/h3-10H,1-2H3. The fraction of sp³-hybridized carbons (Fsp3) is 0.118. The fourth-order valence-electron chi connectivity index (χ4n) is 1.83. The van der Waals surface area contributed by atoms with E-state index in [-0.39, 0.29) is 10.8 Å². The molecule has 120 valence electrons. The number of methoxy groups -OCH3 is 2. The monoisotopic (exact) mass is 352 g/mol. The van der Waals surface area contributed by atoms with Gasteiger partial charge in [-0.25, -0.2) is 4.79 Å². The zero-order chi connectivity index (χ0) is 16.8. The number of ether oxygens (including phenoxy) is 3. The lowest BCUT2D eigenvalue weighted by Gasteiger charge is -2.07. The summed E-state index contributed by atoms with van der Waals surface area (Å²) in [6.07, 6.45) is 2.89. The Hall–Kier alpha value is -2.17. The number of esters is 1. The van der Waals surface area contributed by atoms with Crippen LogP contribution in [0, 0.1) is 0 Å². The molecule has 0 amide bonds. The topological polar surface area (TPSA) is 44.8 Å². The van der Waals surface area contributed by atoms with Gasteiger partial charge in [0.1, 0.15) is 5.02 Å². The molecule has 0 aliphatic rings. The number of halogens is 2. The van der Waals surface area contributed by atoms with Crippen LogP contribution in [0.5, 0.6) is 17.2 Å². The van der Waals surface area contributed by atoms with E-state index in [9.17, 15) is 4.79 Å². The summed E-state index contributed by atoms with van der Waals surface area (Å²) in [7, 11) is 3.10. The average molecular weight is 353 g/mol. The molecule has 0 saturated heterocycles.